The lowest BCUT2D eigenvalue weighted by Crippen LogP contribution is -2.32. The molecule has 1 aliphatic carbocycles. The van der Waals surface area contributed by atoms with E-state index in [1.54, 1.807) is 0 Å². The van der Waals surface area contributed by atoms with Crippen molar-refractivity contribution in [3.63, 3.8) is 0 Å². The Labute approximate surface area is 116 Å². The van der Waals surface area contributed by atoms with Gasteiger partial charge in [0.15, 0.2) is 0 Å². The molecule has 2 atom stereocenters. The average molecular weight is 285 g/mol. The molecule has 19 heavy (non-hydrogen) atoms. The number of anilines is 1. The molecule has 1 aliphatic rings. The van der Waals surface area contributed by atoms with Gasteiger partial charge in [-0.05, 0) is 25.0 Å². The van der Waals surface area contributed by atoms with Crippen LogP contribution >= 0.6 is 11.6 Å². The number of hydrogen-bond donors (Lipinski definition) is 2. The first-order valence-corrected chi connectivity index (χ1v) is 6.84. The first-order valence-electron chi connectivity index (χ1n) is 6.46. The van der Waals surface area contributed by atoms with E-state index in [0.717, 1.165) is 32.1 Å². The Kier molecular flexibility index (Phi) is 4.61. The third-order valence-corrected chi connectivity index (χ3v) is 3.71. The van der Waals surface area contributed by atoms with Crippen LogP contribution in [0.4, 0.5) is 11.4 Å². The number of nitrogens with zero attached hydrogens (tertiary/aromatic N) is 1. The van der Waals surface area contributed by atoms with Crippen LogP contribution in [-0.2, 0) is 0 Å². The van der Waals surface area contributed by atoms with E-state index in [-0.39, 0.29) is 11.7 Å². The van der Waals surface area contributed by atoms with Crippen LogP contribution in [0.1, 0.15) is 32.1 Å². The first kappa shape index (κ1) is 14.1. The average Bonchev–Trinajstić information content (AvgIpc) is 2.55. The first-order chi connectivity index (χ1) is 9.08. The molecule has 0 bridgehead atoms. The summed E-state index contributed by atoms with van der Waals surface area (Å²) in [4.78, 5) is 10.5. The van der Waals surface area contributed by atoms with Crippen LogP contribution < -0.4 is 5.32 Å². The minimum absolute atomic E-state index is 0.0131. The van der Waals surface area contributed by atoms with Gasteiger partial charge in [-0.25, -0.2) is 0 Å². The highest BCUT2D eigenvalue weighted by Gasteiger charge is 2.24. The lowest BCUT2D eigenvalue weighted by molar-refractivity contribution is -0.384. The van der Waals surface area contributed by atoms with E-state index in [0.29, 0.717) is 10.7 Å². The minimum Gasteiger partial charge on any atom is -0.391 e. The number of rotatable bonds is 3. The van der Waals surface area contributed by atoms with Crippen LogP contribution in [0.25, 0.3) is 0 Å². The smallest absolute Gasteiger partial charge is 0.292 e. The van der Waals surface area contributed by atoms with Crippen molar-refractivity contribution in [2.24, 2.45) is 0 Å². The third kappa shape index (κ3) is 3.58. The van der Waals surface area contributed by atoms with E-state index < -0.39 is 11.0 Å². The maximum absolute atomic E-state index is 11.0. The van der Waals surface area contributed by atoms with E-state index in [1.165, 1.54) is 18.2 Å². The quantitative estimate of drug-likeness (QED) is 0.507. The molecular weight excluding hydrogens is 268 g/mol. The van der Waals surface area contributed by atoms with Crippen LogP contribution in [0, 0.1) is 10.1 Å². The van der Waals surface area contributed by atoms with Gasteiger partial charge in [-0.1, -0.05) is 30.9 Å². The molecule has 0 aliphatic heterocycles. The molecule has 0 heterocycles. The van der Waals surface area contributed by atoms with Gasteiger partial charge in [0.1, 0.15) is 5.69 Å². The summed E-state index contributed by atoms with van der Waals surface area (Å²) in [5, 5.41) is 24.6. The van der Waals surface area contributed by atoms with Crippen molar-refractivity contribution in [2.45, 2.75) is 44.2 Å². The maximum atomic E-state index is 11.0. The van der Waals surface area contributed by atoms with Crippen molar-refractivity contribution in [3.8, 4) is 0 Å². The van der Waals surface area contributed by atoms with Gasteiger partial charge in [0.2, 0.25) is 0 Å². The molecule has 1 saturated carbocycles. The van der Waals surface area contributed by atoms with Crippen molar-refractivity contribution in [3.05, 3.63) is 33.3 Å². The van der Waals surface area contributed by atoms with Crippen molar-refractivity contribution >= 4 is 23.0 Å². The summed E-state index contributed by atoms with van der Waals surface area (Å²) >= 11 is 5.88. The molecule has 5 nitrogen and oxygen atoms in total. The van der Waals surface area contributed by atoms with Gasteiger partial charge in [0, 0.05) is 11.1 Å². The number of nitrogens with one attached hydrogen (secondary N) is 1. The minimum atomic E-state index is -0.471. The summed E-state index contributed by atoms with van der Waals surface area (Å²) in [5.74, 6) is 0. The Balaban J connectivity index is 2.21. The van der Waals surface area contributed by atoms with Gasteiger partial charge in [-0.15, -0.1) is 0 Å². The lowest BCUT2D eigenvalue weighted by Gasteiger charge is -2.22. The van der Waals surface area contributed by atoms with Gasteiger partial charge in [-0.2, -0.15) is 0 Å². The molecule has 104 valence electrons. The molecule has 0 amide bonds. The fourth-order valence-corrected chi connectivity index (χ4v) is 2.61. The molecule has 0 radical (unpaired) electrons. The monoisotopic (exact) mass is 284 g/mol. The summed E-state index contributed by atoms with van der Waals surface area (Å²) in [7, 11) is 0. The second kappa shape index (κ2) is 6.21. The number of benzene rings is 1. The van der Waals surface area contributed by atoms with Crippen LogP contribution in [0.2, 0.25) is 5.02 Å². The molecule has 0 spiro atoms. The molecule has 2 N–H and O–H groups in total. The Bertz CT molecular complexity index is 467. The number of nitro benzene ring substituents is 1. The van der Waals surface area contributed by atoms with Gasteiger partial charge in [-0.3, -0.25) is 10.1 Å². The predicted molar refractivity (Wildman–Crippen MR) is 74.6 cm³/mol. The van der Waals surface area contributed by atoms with E-state index in [9.17, 15) is 15.2 Å². The largest absolute Gasteiger partial charge is 0.391 e. The molecule has 0 saturated heterocycles. The fraction of sp³-hybridized carbons (Fsp3) is 0.538. The predicted octanol–water partition coefficient (Wildman–Crippen LogP) is 3.35. The van der Waals surface area contributed by atoms with E-state index in [2.05, 4.69) is 5.32 Å². The SMILES string of the molecule is O=[N+]([O-])c1ccc(Cl)cc1NC1CCCCCC1O. The lowest BCUT2D eigenvalue weighted by atomic mass is 10.1. The highest BCUT2D eigenvalue weighted by Crippen LogP contribution is 2.30. The van der Waals surface area contributed by atoms with Crippen molar-refractivity contribution < 1.29 is 10.0 Å². The molecule has 2 unspecified atom stereocenters. The van der Waals surface area contributed by atoms with Crippen LogP contribution in [-0.4, -0.2) is 22.2 Å². The van der Waals surface area contributed by atoms with Crippen molar-refractivity contribution in [1.82, 2.24) is 0 Å². The molecule has 1 fully saturated rings. The zero-order valence-corrected chi connectivity index (χ0v) is 11.3. The second-order valence-corrected chi connectivity index (χ2v) is 5.31. The summed E-state index contributed by atoms with van der Waals surface area (Å²) in [6, 6.07) is 4.26. The zero-order valence-electron chi connectivity index (χ0n) is 10.5. The van der Waals surface area contributed by atoms with Gasteiger partial charge >= 0.3 is 0 Å². The van der Waals surface area contributed by atoms with Crippen molar-refractivity contribution in [1.29, 1.82) is 0 Å². The number of nitro groups is 1. The summed E-state index contributed by atoms with van der Waals surface area (Å²) < 4.78 is 0. The highest BCUT2D eigenvalue weighted by molar-refractivity contribution is 6.31. The summed E-state index contributed by atoms with van der Waals surface area (Å²) in [6.07, 6.45) is 4.17. The van der Waals surface area contributed by atoms with Crippen LogP contribution in [0.5, 0.6) is 0 Å². The van der Waals surface area contributed by atoms with Gasteiger partial charge < -0.3 is 10.4 Å². The van der Waals surface area contributed by atoms with Crippen LogP contribution in [0.3, 0.4) is 0 Å². The van der Waals surface area contributed by atoms with E-state index in [1.807, 2.05) is 0 Å². The molecule has 0 aromatic heterocycles. The summed E-state index contributed by atoms with van der Waals surface area (Å²) in [6.45, 7) is 0. The molecule has 6 heteroatoms. The third-order valence-electron chi connectivity index (χ3n) is 3.48. The Morgan fingerprint density at radius 1 is 1.32 bits per heavy atom. The summed E-state index contributed by atoms with van der Waals surface area (Å²) in [5.41, 5.74) is 0.365. The molecular formula is C13H17ClN2O3. The fourth-order valence-electron chi connectivity index (χ4n) is 2.44. The Hall–Kier alpha value is -1.33. The number of aliphatic hydroxyl groups is 1. The van der Waals surface area contributed by atoms with Crippen LogP contribution in [0.15, 0.2) is 18.2 Å². The maximum Gasteiger partial charge on any atom is 0.292 e. The Morgan fingerprint density at radius 2 is 2.05 bits per heavy atom. The van der Waals surface area contributed by atoms with E-state index >= 15 is 0 Å². The van der Waals surface area contributed by atoms with E-state index in [4.69, 9.17) is 11.6 Å². The second-order valence-electron chi connectivity index (χ2n) is 4.87. The molecule has 1 aromatic carbocycles. The highest BCUT2D eigenvalue weighted by atomic mass is 35.5. The molecule has 1 aromatic rings. The van der Waals surface area contributed by atoms with Gasteiger partial charge in [0.05, 0.1) is 17.1 Å². The molecule has 2 rings (SSSR count). The van der Waals surface area contributed by atoms with Crippen molar-refractivity contribution in [2.75, 3.05) is 5.32 Å². The normalized spacial score (nSPS) is 23.7. The number of halogens is 1. The number of aliphatic hydroxyl groups excluding tert-OH is 1. The number of hydrogen-bond acceptors (Lipinski definition) is 4. The topological polar surface area (TPSA) is 75.4 Å². The standard InChI is InChI=1S/C13H17ClN2O3/c14-9-6-7-12(16(18)19)11(8-9)15-10-4-2-1-3-5-13(10)17/h6-8,10,13,15,17H,1-5H2. The zero-order chi connectivity index (χ0) is 13.8. The Morgan fingerprint density at radius 3 is 2.79 bits per heavy atom. The van der Waals surface area contributed by atoms with Gasteiger partial charge in [0.25, 0.3) is 5.69 Å².